The molecule has 0 saturated carbocycles. The molecule has 9 heteroatoms. The van der Waals surface area contributed by atoms with Gasteiger partial charge in [0, 0.05) is 0 Å². The van der Waals surface area contributed by atoms with Crippen molar-refractivity contribution in [3.05, 3.63) is 84.0 Å². The maximum atomic E-state index is 11.2. The van der Waals surface area contributed by atoms with Gasteiger partial charge in [-0.15, -0.1) is 0 Å². The summed E-state index contributed by atoms with van der Waals surface area (Å²) in [6, 6.07) is 11.9. The summed E-state index contributed by atoms with van der Waals surface area (Å²) >= 11 is 0. The molecule has 2 N–H and O–H groups in total. The first-order chi connectivity index (χ1) is 15.2. The standard InChI is InChI=1S/C10H12O3.C8H8O3.C6H8O2.K/c1-2-7-13-10(12)8-3-5-9(11)6-4-8;1-11-8(10)6-2-4-7(9)5-3-6;1-2-3-4-5-6(7)8;/h3-6,11H,2,7H2,1H3;2-5,9H,1H3;2-5H,1H3,(H,7,8);/q;;;+1/p-1/b;;3-2+,5-4+;. The molecule has 0 amide bonds. The Balaban J connectivity index is 0. The number of carbonyl (C=O) groups is 3. The molecule has 2 rings (SSSR count). The fraction of sp³-hybridized carbons (Fsp3) is 0.208. The van der Waals surface area contributed by atoms with E-state index in [1.165, 1.54) is 61.7 Å². The van der Waals surface area contributed by atoms with Crippen molar-refractivity contribution in [2.24, 2.45) is 0 Å². The van der Waals surface area contributed by atoms with Crippen LogP contribution in [0.2, 0.25) is 0 Å². The maximum absolute atomic E-state index is 11.2. The van der Waals surface area contributed by atoms with Crippen LogP contribution < -0.4 is 56.5 Å². The fourth-order valence-corrected chi connectivity index (χ4v) is 1.84. The molecule has 0 bridgehead atoms. The van der Waals surface area contributed by atoms with Crippen molar-refractivity contribution >= 4 is 17.9 Å². The van der Waals surface area contributed by atoms with Gasteiger partial charge in [0.1, 0.15) is 11.5 Å². The summed E-state index contributed by atoms with van der Waals surface area (Å²) in [7, 11) is 1.31. The molecule has 0 heterocycles. The first kappa shape index (κ1) is 32.7. The van der Waals surface area contributed by atoms with Crippen LogP contribution in [0.1, 0.15) is 41.0 Å². The molecular weight excluding hydrogens is 455 g/mol. The van der Waals surface area contributed by atoms with Crippen LogP contribution in [0.3, 0.4) is 0 Å². The molecule has 0 aliphatic rings. The van der Waals surface area contributed by atoms with E-state index in [0.29, 0.717) is 17.7 Å². The van der Waals surface area contributed by atoms with Gasteiger partial charge in [0.25, 0.3) is 0 Å². The summed E-state index contributed by atoms with van der Waals surface area (Å²) in [4.78, 5) is 31.7. The number of aromatic hydroxyl groups is 2. The van der Waals surface area contributed by atoms with Crippen LogP contribution in [0, 0.1) is 0 Å². The second-order valence-corrected chi connectivity index (χ2v) is 5.93. The molecule has 2 aromatic carbocycles. The van der Waals surface area contributed by atoms with Gasteiger partial charge < -0.3 is 29.6 Å². The number of benzene rings is 2. The largest absolute Gasteiger partial charge is 1.00 e. The summed E-state index contributed by atoms with van der Waals surface area (Å²) in [5.74, 6) is -1.63. The van der Waals surface area contributed by atoms with E-state index in [0.717, 1.165) is 12.5 Å². The Morgan fingerprint density at radius 1 is 0.879 bits per heavy atom. The number of aliphatic carboxylic acids is 1. The van der Waals surface area contributed by atoms with Gasteiger partial charge in [-0.05, 0) is 68.0 Å². The summed E-state index contributed by atoms with van der Waals surface area (Å²) < 4.78 is 9.35. The van der Waals surface area contributed by atoms with Crippen molar-refractivity contribution in [2.75, 3.05) is 13.7 Å². The van der Waals surface area contributed by atoms with Gasteiger partial charge in [-0.2, -0.15) is 0 Å². The Hall–Kier alpha value is -2.43. The predicted octanol–water partition coefficient (Wildman–Crippen LogP) is 0.0104. The number of hydrogen-bond donors (Lipinski definition) is 2. The Morgan fingerprint density at radius 2 is 1.33 bits per heavy atom. The quantitative estimate of drug-likeness (QED) is 0.255. The molecule has 0 aliphatic carbocycles. The third-order valence-electron chi connectivity index (χ3n) is 3.36. The minimum absolute atomic E-state index is 0. The Labute approximate surface area is 236 Å². The predicted molar refractivity (Wildman–Crippen MR) is 117 cm³/mol. The van der Waals surface area contributed by atoms with Gasteiger partial charge in [-0.25, -0.2) is 9.59 Å². The number of esters is 2. The number of phenols is 2. The summed E-state index contributed by atoms with van der Waals surface area (Å²) in [5.41, 5.74) is 0.900. The van der Waals surface area contributed by atoms with Crippen LogP contribution in [0.25, 0.3) is 0 Å². The molecule has 0 unspecified atom stereocenters. The van der Waals surface area contributed by atoms with E-state index in [-0.39, 0.29) is 68.9 Å². The van der Waals surface area contributed by atoms with Crippen molar-refractivity contribution in [2.45, 2.75) is 20.3 Å². The number of ether oxygens (including phenoxy) is 2. The summed E-state index contributed by atoms with van der Waals surface area (Å²) in [5, 5.41) is 27.5. The number of carboxylic acid groups (broad SMARTS) is 1. The minimum atomic E-state index is -1.16. The van der Waals surface area contributed by atoms with Gasteiger partial charge in [0.05, 0.1) is 30.8 Å². The Kier molecular flexibility index (Phi) is 20.0. The molecule has 0 aliphatic heterocycles. The molecule has 33 heavy (non-hydrogen) atoms. The third-order valence-corrected chi connectivity index (χ3v) is 3.36. The molecule has 0 fully saturated rings. The third kappa shape index (κ3) is 16.8. The van der Waals surface area contributed by atoms with Crippen LogP contribution >= 0.6 is 0 Å². The van der Waals surface area contributed by atoms with Gasteiger partial charge in [-0.3, -0.25) is 0 Å². The molecule has 2 aromatic rings. The van der Waals surface area contributed by atoms with E-state index in [4.69, 9.17) is 14.9 Å². The summed E-state index contributed by atoms with van der Waals surface area (Å²) in [6.45, 7) is 4.17. The van der Waals surface area contributed by atoms with Crippen molar-refractivity contribution in [1.82, 2.24) is 0 Å². The fourth-order valence-electron chi connectivity index (χ4n) is 1.84. The van der Waals surface area contributed by atoms with E-state index in [9.17, 15) is 19.5 Å². The average Bonchev–Trinajstić information content (AvgIpc) is 2.79. The van der Waals surface area contributed by atoms with E-state index in [2.05, 4.69) is 4.74 Å². The maximum Gasteiger partial charge on any atom is 1.00 e. The number of carbonyl (C=O) groups excluding carboxylic acids is 3. The number of methoxy groups -OCH3 is 1. The van der Waals surface area contributed by atoms with E-state index in [1.54, 1.807) is 19.1 Å². The second-order valence-electron chi connectivity index (χ2n) is 5.93. The number of rotatable bonds is 6. The SMILES string of the molecule is C/C=C/C=C/C(=O)[O-].CCCOC(=O)c1ccc(O)cc1.COC(=O)c1ccc(O)cc1.[K+]. The Morgan fingerprint density at radius 3 is 1.70 bits per heavy atom. The first-order valence-electron chi connectivity index (χ1n) is 9.58. The number of phenolic OH excluding ortho intramolecular Hbond substituents is 2. The second kappa shape index (κ2) is 20.2. The molecule has 0 atom stereocenters. The molecule has 172 valence electrons. The monoisotopic (exact) mass is 482 g/mol. The van der Waals surface area contributed by atoms with Crippen molar-refractivity contribution in [3.63, 3.8) is 0 Å². The zero-order valence-electron chi connectivity index (χ0n) is 19.2. The zero-order valence-corrected chi connectivity index (χ0v) is 22.3. The van der Waals surface area contributed by atoms with Crippen LogP contribution in [0.5, 0.6) is 11.5 Å². The minimum Gasteiger partial charge on any atom is -0.545 e. The topological polar surface area (TPSA) is 133 Å². The molecular formula is C24H27KO8. The van der Waals surface area contributed by atoms with Gasteiger partial charge in [0.2, 0.25) is 0 Å². The molecule has 0 saturated heterocycles. The molecule has 0 radical (unpaired) electrons. The zero-order chi connectivity index (χ0) is 24.4. The normalized spacial score (nSPS) is 9.55. The van der Waals surface area contributed by atoms with Gasteiger partial charge in [0.15, 0.2) is 0 Å². The molecule has 0 spiro atoms. The van der Waals surface area contributed by atoms with Crippen LogP contribution in [-0.4, -0.2) is 41.8 Å². The average molecular weight is 483 g/mol. The number of carboxylic acids is 1. The number of allylic oxidation sites excluding steroid dienone is 3. The van der Waals surface area contributed by atoms with E-state index < -0.39 is 11.9 Å². The number of hydrogen-bond acceptors (Lipinski definition) is 8. The van der Waals surface area contributed by atoms with Gasteiger partial charge in [-0.1, -0.05) is 25.2 Å². The van der Waals surface area contributed by atoms with Crippen LogP contribution in [-0.2, 0) is 14.3 Å². The van der Waals surface area contributed by atoms with Gasteiger partial charge >= 0.3 is 63.3 Å². The molecule has 8 nitrogen and oxygen atoms in total. The smallest absolute Gasteiger partial charge is 0.545 e. The van der Waals surface area contributed by atoms with E-state index >= 15 is 0 Å². The Bertz CT molecular complexity index is 888. The molecule has 0 aromatic heterocycles. The van der Waals surface area contributed by atoms with Crippen molar-refractivity contribution < 1.29 is 90.6 Å². The summed E-state index contributed by atoms with van der Waals surface area (Å²) in [6.07, 6.45) is 6.55. The van der Waals surface area contributed by atoms with E-state index in [1.807, 2.05) is 6.92 Å². The van der Waals surface area contributed by atoms with Crippen LogP contribution in [0.15, 0.2) is 72.8 Å². The first-order valence-corrected chi connectivity index (χ1v) is 9.58. The van der Waals surface area contributed by atoms with Crippen LogP contribution in [0.4, 0.5) is 0 Å². The van der Waals surface area contributed by atoms with Crippen molar-refractivity contribution in [1.29, 1.82) is 0 Å². The van der Waals surface area contributed by atoms with Crippen molar-refractivity contribution in [3.8, 4) is 11.5 Å².